The molecular formula is C38H70NO10P. The van der Waals surface area contributed by atoms with Crippen LogP contribution >= 0.6 is 7.82 Å². The molecule has 0 heterocycles. The van der Waals surface area contributed by atoms with Crippen LogP contribution in [0.3, 0.4) is 0 Å². The van der Waals surface area contributed by atoms with Crippen LogP contribution in [0.4, 0.5) is 0 Å². The minimum atomic E-state index is -4.72. The highest BCUT2D eigenvalue weighted by atomic mass is 31.2. The van der Waals surface area contributed by atoms with Crippen LogP contribution in [0, 0.1) is 0 Å². The quantitative estimate of drug-likeness (QED) is 0.0242. The number of rotatable bonds is 36. The van der Waals surface area contributed by atoms with Crippen LogP contribution in [-0.4, -0.2) is 59.9 Å². The Morgan fingerprint density at radius 3 is 1.60 bits per heavy atom. The van der Waals surface area contributed by atoms with Crippen molar-refractivity contribution in [2.45, 2.75) is 180 Å². The Morgan fingerprint density at radius 2 is 1.06 bits per heavy atom. The lowest BCUT2D eigenvalue weighted by atomic mass is 10.1. The van der Waals surface area contributed by atoms with Gasteiger partial charge in [-0.15, -0.1) is 0 Å². The molecule has 0 fully saturated rings. The van der Waals surface area contributed by atoms with Gasteiger partial charge in [-0.25, -0.2) is 4.57 Å². The first-order valence-corrected chi connectivity index (χ1v) is 20.9. The van der Waals surface area contributed by atoms with Crippen molar-refractivity contribution in [3.63, 3.8) is 0 Å². The highest BCUT2D eigenvalue weighted by Crippen LogP contribution is 2.43. The van der Waals surface area contributed by atoms with E-state index in [9.17, 15) is 23.8 Å². The van der Waals surface area contributed by atoms with Gasteiger partial charge in [0.2, 0.25) is 0 Å². The summed E-state index contributed by atoms with van der Waals surface area (Å²) in [4.78, 5) is 45.7. The Morgan fingerprint density at radius 1 is 0.600 bits per heavy atom. The third-order valence-corrected chi connectivity index (χ3v) is 9.14. The van der Waals surface area contributed by atoms with Gasteiger partial charge in [-0.3, -0.25) is 23.4 Å². The van der Waals surface area contributed by atoms with E-state index in [1.807, 2.05) is 6.08 Å². The van der Waals surface area contributed by atoms with E-state index >= 15 is 0 Å². The number of carbonyl (C=O) groups excluding carboxylic acids is 2. The summed E-state index contributed by atoms with van der Waals surface area (Å²) in [5, 5.41) is 8.85. The molecule has 0 aliphatic carbocycles. The summed E-state index contributed by atoms with van der Waals surface area (Å²) in [5.41, 5.74) is 5.31. The molecule has 50 heavy (non-hydrogen) atoms. The van der Waals surface area contributed by atoms with Gasteiger partial charge in [-0.2, -0.15) is 0 Å². The Kier molecular flexibility index (Phi) is 32.7. The van der Waals surface area contributed by atoms with E-state index in [2.05, 4.69) is 36.6 Å². The van der Waals surface area contributed by atoms with Crippen LogP contribution in [0.15, 0.2) is 24.3 Å². The Hall–Kier alpha value is -2.04. The molecule has 4 N–H and O–H groups in total. The van der Waals surface area contributed by atoms with Crippen molar-refractivity contribution in [3.8, 4) is 0 Å². The summed E-state index contributed by atoms with van der Waals surface area (Å²) in [5.74, 6) is -2.45. The predicted octanol–water partition coefficient (Wildman–Crippen LogP) is 9.50. The van der Waals surface area contributed by atoms with Gasteiger partial charge in [-0.1, -0.05) is 134 Å². The molecule has 0 spiro atoms. The molecule has 0 aromatic rings. The number of aliphatic carboxylic acids is 1. The van der Waals surface area contributed by atoms with Crippen LogP contribution in [0.2, 0.25) is 0 Å². The maximum absolute atomic E-state index is 12.5. The van der Waals surface area contributed by atoms with Crippen LogP contribution < -0.4 is 5.73 Å². The molecule has 0 aromatic heterocycles. The van der Waals surface area contributed by atoms with Gasteiger partial charge in [0.25, 0.3) is 0 Å². The maximum atomic E-state index is 12.5. The number of nitrogens with two attached hydrogens (primary N) is 1. The van der Waals surface area contributed by atoms with Gasteiger partial charge in [-0.05, 0) is 44.9 Å². The van der Waals surface area contributed by atoms with Crippen LogP contribution in [0.5, 0.6) is 0 Å². The van der Waals surface area contributed by atoms with Crippen molar-refractivity contribution in [2.24, 2.45) is 5.73 Å². The van der Waals surface area contributed by atoms with Gasteiger partial charge in [0.1, 0.15) is 12.6 Å². The molecule has 0 aliphatic heterocycles. The monoisotopic (exact) mass is 731 g/mol. The molecule has 3 atom stereocenters. The summed E-state index contributed by atoms with van der Waals surface area (Å²) in [6.07, 6.45) is 32.7. The standard InChI is InChI=1S/C38H70NO10P/c1-3-5-7-9-11-13-15-16-17-18-20-22-24-26-28-30-37(41)49-34(32-47-50(44,45)48-33-35(39)38(42)43)31-46-36(40)29-27-25-23-21-19-14-12-10-8-6-4-2/h10,12,24,26,34-35H,3-9,11,13-23,25,27-33,39H2,1-2H3,(H,42,43)(H,44,45)/b12-10+,26-24+/t34-,35+/m1/s1. The van der Waals surface area contributed by atoms with E-state index < -0.39 is 51.1 Å². The van der Waals surface area contributed by atoms with Gasteiger partial charge in [0.05, 0.1) is 13.2 Å². The zero-order valence-electron chi connectivity index (χ0n) is 31.2. The highest BCUT2D eigenvalue weighted by molar-refractivity contribution is 7.47. The lowest BCUT2D eigenvalue weighted by Gasteiger charge is -2.20. The average molecular weight is 732 g/mol. The molecule has 0 amide bonds. The van der Waals surface area contributed by atoms with Gasteiger partial charge < -0.3 is 25.2 Å². The smallest absolute Gasteiger partial charge is 0.472 e. The average Bonchev–Trinajstić information content (AvgIpc) is 3.09. The summed E-state index contributed by atoms with van der Waals surface area (Å²) in [7, 11) is -4.72. The Labute approximate surface area is 302 Å². The number of carboxylic acid groups (broad SMARTS) is 1. The minimum absolute atomic E-state index is 0.0779. The number of carbonyl (C=O) groups is 3. The number of unbranched alkanes of at least 4 members (excludes halogenated alkanes) is 18. The maximum Gasteiger partial charge on any atom is 0.472 e. The lowest BCUT2D eigenvalue weighted by Crippen LogP contribution is -2.34. The minimum Gasteiger partial charge on any atom is -0.480 e. The first-order chi connectivity index (χ1) is 24.1. The zero-order chi connectivity index (χ0) is 37.1. The van der Waals surface area contributed by atoms with E-state index in [0.29, 0.717) is 12.8 Å². The second-order valence-corrected chi connectivity index (χ2v) is 14.5. The third kappa shape index (κ3) is 33.1. The first-order valence-electron chi connectivity index (χ1n) is 19.4. The van der Waals surface area contributed by atoms with Crippen molar-refractivity contribution < 1.29 is 47.5 Å². The van der Waals surface area contributed by atoms with Gasteiger partial charge in [0, 0.05) is 12.8 Å². The van der Waals surface area contributed by atoms with Crippen molar-refractivity contribution >= 4 is 25.7 Å². The van der Waals surface area contributed by atoms with Crippen LogP contribution in [0.1, 0.15) is 168 Å². The summed E-state index contributed by atoms with van der Waals surface area (Å²) in [6.45, 7) is 2.70. The largest absolute Gasteiger partial charge is 0.480 e. The topological polar surface area (TPSA) is 172 Å². The van der Waals surface area contributed by atoms with E-state index in [1.165, 1.54) is 77.0 Å². The Bertz CT molecular complexity index is 958. The number of carboxylic acids is 1. The second kappa shape index (κ2) is 34.1. The SMILES string of the molecule is CCCC/C=C/CCCCCCCC(=O)OC[C@H](COP(=O)(O)OC[C@H](N)C(=O)O)OC(=O)CC/C=C/CCCCCCCCCCCCC. The summed E-state index contributed by atoms with van der Waals surface area (Å²) in [6, 6.07) is -1.52. The van der Waals surface area contributed by atoms with Crippen molar-refractivity contribution in [1.82, 2.24) is 0 Å². The number of hydrogen-bond acceptors (Lipinski definition) is 9. The molecule has 0 saturated carbocycles. The fourth-order valence-corrected chi connectivity index (χ4v) is 5.84. The molecule has 1 unspecified atom stereocenters. The van der Waals surface area contributed by atoms with Crippen LogP contribution in [-0.2, 0) is 37.5 Å². The van der Waals surface area contributed by atoms with Crippen LogP contribution in [0.25, 0.3) is 0 Å². The number of phosphoric ester groups is 1. The molecule has 0 aliphatic rings. The number of allylic oxidation sites excluding steroid dienone is 4. The third-order valence-electron chi connectivity index (χ3n) is 8.19. The Balaban J connectivity index is 4.48. The fourth-order valence-electron chi connectivity index (χ4n) is 5.06. The number of esters is 2. The summed E-state index contributed by atoms with van der Waals surface area (Å²) < 4.78 is 32.5. The number of ether oxygens (including phenoxy) is 2. The predicted molar refractivity (Wildman–Crippen MR) is 199 cm³/mol. The molecule has 11 nitrogen and oxygen atoms in total. The fraction of sp³-hybridized carbons (Fsp3) is 0.816. The van der Waals surface area contributed by atoms with Gasteiger partial charge >= 0.3 is 25.7 Å². The molecule has 12 heteroatoms. The van der Waals surface area contributed by atoms with E-state index in [4.69, 9.17) is 24.8 Å². The van der Waals surface area contributed by atoms with Crippen molar-refractivity contribution in [1.29, 1.82) is 0 Å². The lowest BCUT2D eigenvalue weighted by molar-refractivity contribution is -0.161. The first kappa shape index (κ1) is 48.0. The molecular weight excluding hydrogens is 661 g/mol. The molecule has 0 radical (unpaired) electrons. The van der Waals surface area contributed by atoms with E-state index in [1.54, 1.807) is 0 Å². The van der Waals surface area contributed by atoms with Crippen molar-refractivity contribution in [3.05, 3.63) is 24.3 Å². The number of phosphoric acid groups is 1. The van der Waals surface area contributed by atoms with E-state index in [-0.39, 0.29) is 19.4 Å². The van der Waals surface area contributed by atoms with Crippen molar-refractivity contribution in [2.75, 3.05) is 19.8 Å². The highest BCUT2D eigenvalue weighted by Gasteiger charge is 2.28. The normalized spacial score (nSPS) is 14.2. The summed E-state index contributed by atoms with van der Waals surface area (Å²) >= 11 is 0. The molecule has 292 valence electrons. The zero-order valence-corrected chi connectivity index (χ0v) is 32.1. The van der Waals surface area contributed by atoms with Gasteiger partial charge in [0.15, 0.2) is 6.10 Å². The van der Waals surface area contributed by atoms with E-state index in [0.717, 1.165) is 51.4 Å². The molecule has 0 aromatic carbocycles. The molecule has 0 bridgehead atoms. The molecule has 0 saturated heterocycles. The second-order valence-electron chi connectivity index (χ2n) is 13.1. The molecule has 0 rings (SSSR count). The number of hydrogen-bond donors (Lipinski definition) is 3.